The third-order valence-electron chi connectivity index (χ3n) is 6.46. The van der Waals surface area contributed by atoms with Crippen molar-refractivity contribution < 1.29 is 74.4 Å². The highest BCUT2D eigenvalue weighted by Crippen LogP contribution is 2.32. The standard InChI is InChI=1S/C20H35NO15/c1-5-10(25)13(28)15(30)19(32-5)36-17-14(29)11(26)7(3-22)34-20(17)35-16-8(4-23)33-18(31)9(12(16)27)21-6(2)24/h5,7-20,22-23,25-31H,3-4H2,1-2H3,(H,21,24)/t5-,7+,8+,9+,10+,11-,12+,13+,14-,15-,16+,17+,18+,19+,20-/m0/s1. The first-order valence-electron chi connectivity index (χ1n) is 11.4. The smallest absolute Gasteiger partial charge is 0.217 e. The Hall–Kier alpha value is -1.09. The number of ether oxygens (including phenoxy) is 5. The highest BCUT2D eigenvalue weighted by Gasteiger charge is 2.53. The van der Waals surface area contributed by atoms with Crippen LogP contribution in [0.1, 0.15) is 13.8 Å². The van der Waals surface area contributed by atoms with Crippen LogP contribution in [0.5, 0.6) is 0 Å². The van der Waals surface area contributed by atoms with Crippen LogP contribution < -0.4 is 5.32 Å². The van der Waals surface area contributed by atoms with E-state index in [2.05, 4.69) is 5.32 Å². The number of hydrogen-bond donors (Lipinski definition) is 10. The minimum Gasteiger partial charge on any atom is -0.394 e. The zero-order valence-electron chi connectivity index (χ0n) is 19.5. The van der Waals surface area contributed by atoms with E-state index in [-0.39, 0.29) is 0 Å². The minimum absolute atomic E-state index is 0.616. The fourth-order valence-corrected chi connectivity index (χ4v) is 4.39. The van der Waals surface area contributed by atoms with Crippen molar-refractivity contribution in [3.05, 3.63) is 0 Å². The Kier molecular flexibility index (Phi) is 9.97. The predicted octanol–water partition coefficient (Wildman–Crippen LogP) is -6.40. The molecule has 0 aromatic rings. The SMILES string of the molecule is CC(=O)N[C@@H]1[C@@H](O)[C@H](O[C@@H]2O[C@H](CO)[C@H](O)[C@H](O)[C@H]2O[C@H]2O[C@@H](C)[C@@H](O)[C@@H](O)[C@@H]2O)[C@@H](CO)O[C@H]1O. The van der Waals surface area contributed by atoms with E-state index in [0.717, 1.165) is 6.92 Å². The zero-order valence-corrected chi connectivity index (χ0v) is 19.5. The van der Waals surface area contributed by atoms with Crippen molar-refractivity contribution in [1.82, 2.24) is 5.32 Å². The van der Waals surface area contributed by atoms with E-state index in [1.807, 2.05) is 0 Å². The van der Waals surface area contributed by atoms with E-state index in [1.54, 1.807) is 0 Å². The summed E-state index contributed by atoms with van der Waals surface area (Å²) in [6.07, 6.45) is -22.1. The average Bonchev–Trinajstić information content (AvgIpc) is 2.84. The molecule has 210 valence electrons. The van der Waals surface area contributed by atoms with Crippen molar-refractivity contribution in [3.63, 3.8) is 0 Å². The first-order valence-corrected chi connectivity index (χ1v) is 11.4. The number of nitrogens with one attached hydrogen (secondary N) is 1. The van der Waals surface area contributed by atoms with E-state index < -0.39 is 111 Å². The number of carbonyl (C=O) groups excluding carboxylic acids is 1. The van der Waals surface area contributed by atoms with Gasteiger partial charge in [-0.25, -0.2) is 0 Å². The number of amides is 1. The van der Waals surface area contributed by atoms with Crippen LogP contribution in [0.3, 0.4) is 0 Å². The van der Waals surface area contributed by atoms with Gasteiger partial charge in [-0.3, -0.25) is 4.79 Å². The topological polar surface area (TPSA) is 257 Å². The molecular formula is C20H35NO15. The van der Waals surface area contributed by atoms with E-state index in [9.17, 15) is 50.8 Å². The summed E-state index contributed by atoms with van der Waals surface area (Å²) in [7, 11) is 0. The second-order valence-electron chi connectivity index (χ2n) is 9.05. The van der Waals surface area contributed by atoms with Crippen LogP contribution in [0.25, 0.3) is 0 Å². The summed E-state index contributed by atoms with van der Waals surface area (Å²) in [5.41, 5.74) is 0. The molecule has 0 unspecified atom stereocenters. The fourth-order valence-electron chi connectivity index (χ4n) is 4.39. The molecule has 3 fully saturated rings. The van der Waals surface area contributed by atoms with Crippen molar-refractivity contribution in [1.29, 1.82) is 0 Å². The summed E-state index contributed by atoms with van der Waals surface area (Å²) in [5, 5.41) is 93.8. The van der Waals surface area contributed by atoms with Crippen LogP contribution in [0.2, 0.25) is 0 Å². The molecule has 3 rings (SSSR count). The summed E-state index contributed by atoms with van der Waals surface area (Å²) in [6, 6.07) is -1.39. The average molecular weight is 529 g/mol. The molecule has 3 aliphatic rings. The van der Waals surface area contributed by atoms with E-state index in [1.165, 1.54) is 6.92 Å². The second-order valence-corrected chi connectivity index (χ2v) is 9.05. The molecule has 36 heavy (non-hydrogen) atoms. The molecule has 3 aliphatic heterocycles. The van der Waals surface area contributed by atoms with Crippen LogP contribution >= 0.6 is 0 Å². The third-order valence-corrected chi connectivity index (χ3v) is 6.46. The molecule has 0 aromatic carbocycles. The number of aliphatic hydroxyl groups is 9. The summed E-state index contributed by atoms with van der Waals surface area (Å²) in [4.78, 5) is 11.5. The van der Waals surface area contributed by atoms with E-state index >= 15 is 0 Å². The zero-order chi connectivity index (χ0) is 26.9. The Morgan fingerprint density at radius 1 is 0.722 bits per heavy atom. The lowest BCUT2D eigenvalue weighted by Gasteiger charge is -2.48. The molecule has 0 radical (unpaired) electrons. The third kappa shape index (κ3) is 5.97. The minimum atomic E-state index is -1.82. The molecule has 0 saturated carbocycles. The Balaban J connectivity index is 1.86. The molecule has 3 heterocycles. The Morgan fingerprint density at radius 3 is 1.92 bits per heavy atom. The maximum Gasteiger partial charge on any atom is 0.217 e. The van der Waals surface area contributed by atoms with Crippen molar-refractivity contribution >= 4 is 5.91 Å². The highest BCUT2D eigenvalue weighted by atomic mass is 16.8. The molecule has 0 aromatic heterocycles. The van der Waals surface area contributed by atoms with Gasteiger partial charge in [0, 0.05) is 6.92 Å². The lowest BCUT2D eigenvalue weighted by atomic mass is 9.95. The van der Waals surface area contributed by atoms with Gasteiger partial charge in [0.05, 0.1) is 19.3 Å². The van der Waals surface area contributed by atoms with Crippen molar-refractivity contribution in [2.45, 2.75) is 106 Å². The van der Waals surface area contributed by atoms with Gasteiger partial charge in [0.15, 0.2) is 18.9 Å². The molecule has 15 atom stereocenters. The highest BCUT2D eigenvalue weighted by molar-refractivity contribution is 5.73. The van der Waals surface area contributed by atoms with Gasteiger partial charge in [0.2, 0.25) is 5.91 Å². The van der Waals surface area contributed by atoms with Gasteiger partial charge in [0.1, 0.15) is 67.1 Å². The molecule has 10 N–H and O–H groups in total. The largest absolute Gasteiger partial charge is 0.394 e. The van der Waals surface area contributed by atoms with Crippen LogP contribution in [-0.4, -0.2) is 157 Å². The molecule has 0 spiro atoms. The summed E-state index contributed by atoms with van der Waals surface area (Å²) in [5.74, 6) is -0.616. The number of hydrogen-bond acceptors (Lipinski definition) is 15. The van der Waals surface area contributed by atoms with Gasteiger partial charge in [-0.2, -0.15) is 0 Å². The summed E-state index contributed by atoms with van der Waals surface area (Å²) in [6.45, 7) is 0.997. The number of aliphatic hydroxyl groups excluding tert-OH is 9. The Labute approximate surface area is 205 Å². The van der Waals surface area contributed by atoms with Crippen LogP contribution in [0.15, 0.2) is 0 Å². The first-order chi connectivity index (χ1) is 16.9. The normalized spacial score (nSPS) is 50.0. The monoisotopic (exact) mass is 529 g/mol. The van der Waals surface area contributed by atoms with Crippen molar-refractivity contribution in [3.8, 4) is 0 Å². The molecule has 16 heteroatoms. The number of carbonyl (C=O) groups is 1. The summed E-state index contributed by atoms with van der Waals surface area (Å²) < 4.78 is 27.5. The van der Waals surface area contributed by atoms with Crippen LogP contribution in [-0.2, 0) is 28.5 Å². The van der Waals surface area contributed by atoms with Crippen LogP contribution in [0, 0.1) is 0 Å². The molecule has 3 saturated heterocycles. The lowest BCUT2D eigenvalue weighted by molar-refractivity contribution is -0.382. The maximum absolute atomic E-state index is 11.5. The van der Waals surface area contributed by atoms with Crippen molar-refractivity contribution in [2.24, 2.45) is 0 Å². The van der Waals surface area contributed by atoms with E-state index in [4.69, 9.17) is 23.7 Å². The van der Waals surface area contributed by atoms with Gasteiger partial charge in [-0.05, 0) is 6.92 Å². The van der Waals surface area contributed by atoms with Crippen molar-refractivity contribution in [2.75, 3.05) is 13.2 Å². The van der Waals surface area contributed by atoms with Gasteiger partial charge >= 0.3 is 0 Å². The van der Waals surface area contributed by atoms with Gasteiger partial charge in [-0.15, -0.1) is 0 Å². The van der Waals surface area contributed by atoms with Gasteiger partial charge < -0.3 is 75.0 Å². The Morgan fingerprint density at radius 2 is 1.33 bits per heavy atom. The lowest BCUT2D eigenvalue weighted by Crippen LogP contribution is -2.68. The molecular weight excluding hydrogens is 494 g/mol. The molecule has 1 amide bonds. The number of rotatable bonds is 7. The van der Waals surface area contributed by atoms with Gasteiger partial charge in [-0.1, -0.05) is 0 Å². The molecule has 0 bridgehead atoms. The Bertz CT molecular complexity index is 731. The predicted molar refractivity (Wildman–Crippen MR) is 111 cm³/mol. The summed E-state index contributed by atoms with van der Waals surface area (Å²) >= 11 is 0. The maximum atomic E-state index is 11.5. The van der Waals surface area contributed by atoms with E-state index in [0.29, 0.717) is 0 Å². The molecule has 0 aliphatic carbocycles. The van der Waals surface area contributed by atoms with Crippen LogP contribution in [0.4, 0.5) is 0 Å². The van der Waals surface area contributed by atoms with Gasteiger partial charge in [0.25, 0.3) is 0 Å². The quantitative estimate of drug-likeness (QED) is 0.147. The second kappa shape index (κ2) is 12.2. The first kappa shape index (κ1) is 29.5. The fraction of sp³-hybridized carbons (Fsp3) is 0.950. The molecule has 16 nitrogen and oxygen atoms in total.